The van der Waals surface area contributed by atoms with Crippen LogP contribution in [0.5, 0.6) is 0 Å². The van der Waals surface area contributed by atoms with Crippen molar-refractivity contribution < 1.29 is 0 Å². The Morgan fingerprint density at radius 2 is 0.962 bits per heavy atom. The lowest BCUT2D eigenvalue weighted by molar-refractivity contribution is 1.02. The molecule has 52 heavy (non-hydrogen) atoms. The number of nitrogens with zero attached hydrogens (tertiary/aromatic N) is 4. The van der Waals surface area contributed by atoms with Gasteiger partial charge in [-0.1, -0.05) is 140 Å². The van der Waals surface area contributed by atoms with Crippen molar-refractivity contribution in [2.24, 2.45) is 0 Å². The minimum Gasteiger partial charge on any atom is -0.308 e. The van der Waals surface area contributed by atoms with Crippen molar-refractivity contribution in [3.05, 3.63) is 170 Å². The van der Waals surface area contributed by atoms with Gasteiger partial charge in [-0.15, -0.1) is 0 Å². The van der Waals surface area contributed by atoms with Crippen LogP contribution in [0.1, 0.15) is 0 Å². The summed E-state index contributed by atoms with van der Waals surface area (Å²) in [7, 11) is 0. The van der Waals surface area contributed by atoms with Crippen molar-refractivity contribution in [1.82, 2.24) is 18.9 Å². The SMILES string of the molecule is c1ccc(-c2cc3ccccc3c3nc(-n4c5cccc6c7cccc8c9ccccc9n(c9cccc4c9c65)c78)nc(-c4ccccc4)c23)cc1. The molecule has 0 spiro atoms. The van der Waals surface area contributed by atoms with Gasteiger partial charge in [-0.2, -0.15) is 0 Å². The normalized spacial score (nSPS) is 12.2. The fourth-order valence-electron chi connectivity index (χ4n) is 8.92. The number of hydrogen-bond acceptors (Lipinski definition) is 2. The van der Waals surface area contributed by atoms with Crippen LogP contribution < -0.4 is 0 Å². The molecule has 0 bridgehead atoms. The Hall–Kier alpha value is -7.04. The summed E-state index contributed by atoms with van der Waals surface area (Å²) in [6.45, 7) is 0. The largest absolute Gasteiger partial charge is 0.308 e. The van der Waals surface area contributed by atoms with Crippen LogP contribution in [0.4, 0.5) is 0 Å². The number of para-hydroxylation sites is 2. The smallest absolute Gasteiger partial charge is 0.235 e. The first-order chi connectivity index (χ1) is 25.8. The molecule has 4 aromatic heterocycles. The summed E-state index contributed by atoms with van der Waals surface area (Å²) in [6.07, 6.45) is 0. The van der Waals surface area contributed by atoms with Gasteiger partial charge in [0.25, 0.3) is 0 Å². The van der Waals surface area contributed by atoms with Gasteiger partial charge in [0.2, 0.25) is 5.95 Å². The van der Waals surface area contributed by atoms with Crippen LogP contribution in [0.25, 0.3) is 110 Å². The molecule has 12 rings (SSSR count). The Kier molecular flexibility index (Phi) is 5.47. The van der Waals surface area contributed by atoms with Crippen LogP contribution in [0, 0.1) is 0 Å². The molecular weight excluding hydrogens is 633 g/mol. The van der Waals surface area contributed by atoms with Gasteiger partial charge in [-0.25, -0.2) is 9.97 Å². The summed E-state index contributed by atoms with van der Waals surface area (Å²) in [5.41, 5.74) is 11.0. The van der Waals surface area contributed by atoms with Crippen LogP contribution in [0.15, 0.2) is 170 Å². The predicted molar refractivity (Wildman–Crippen MR) is 217 cm³/mol. The van der Waals surface area contributed by atoms with Crippen molar-refractivity contribution in [1.29, 1.82) is 0 Å². The number of hydrogen-bond donors (Lipinski definition) is 0. The minimum atomic E-state index is 0.660. The van der Waals surface area contributed by atoms with Crippen LogP contribution in [-0.2, 0) is 0 Å². The fraction of sp³-hybridized carbons (Fsp3) is 0. The molecule has 0 aliphatic carbocycles. The third kappa shape index (κ3) is 3.60. The van der Waals surface area contributed by atoms with E-state index in [0.29, 0.717) is 5.95 Å². The Bertz CT molecular complexity index is 3390. The maximum Gasteiger partial charge on any atom is 0.235 e. The summed E-state index contributed by atoms with van der Waals surface area (Å²) in [5, 5.41) is 10.7. The quantitative estimate of drug-likeness (QED) is 0.177. The third-order valence-corrected chi connectivity index (χ3v) is 11.0. The molecule has 4 nitrogen and oxygen atoms in total. The highest BCUT2D eigenvalue weighted by Crippen LogP contribution is 2.45. The molecule has 12 aromatic rings. The zero-order chi connectivity index (χ0) is 33.9. The summed E-state index contributed by atoms with van der Waals surface area (Å²) in [5.74, 6) is 0.660. The molecule has 0 fully saturated rings. The number of benzene rings is 8. The topological polar surface area (TPSA) is 35.1 Å². The van der Waals surface area contributed by atoms with E-state index in [-0.39, 0.29) is 0 Å². The van der Waals surface area contributed by atoms with E-state index < -0.39 is 0 Å². The second-order valence-corrected chi connectivity index (χ2v) is 13.7. The van der Waals surface area contributed by atoms with Crippen molar-refractivity contribution in [2.45, 2.75) is 0 Å². The van der Waals surface area contributed by atoms with Crippen molar-refractivity contribution in [3.8, 4) is 28.3 Å². The number of rotatable bonds is 3. The lowest BCUT2D eigenvalue weighted by Crippen LogP contribution is -2.04. The predicted octanol–water partition coefficient (Wildman–Crippen LogP) is 12.4. The summed E-state index contributed by atoms with van der Waals surface area (Å²) >= 11 is 0. The summed E-state index contributed by atoms with van der Waals surface area (Å²) in [6, 6.07) is 61.0. The zero-order valence-electron chi connectivity index (χ0n) is 28.0. The molecular formula is C48H28N4. The van der Waals surface area contributed by atoms with Gasteiger partial charge in [-0.3, -0.25) is 4.57 Å². The molecule has 8 aromatic carbocycles. The van der Waals surface area contributed by atoms with E-state index in [2.05, 4.69) is 179 Å². The second kappa shape index (κ2) is 10.3. The molecule has 0 saturated carbocycles. The number of aromatic nitrogens is 4. The van der Waals surface area contributed by atoms with Gasteiger partial charge < -0.3 is 4.40 Å². The number of fused-ring (bicyclic) bond motifs is 8. The lowest BCUT2D eigenvalue weighted by Gasteiger charge is -2.17. The van der Waals surface area contributed by atoms with Crippen LogP contribution in [0.3, 0.4) is 0 Å². The highest BCUT2D eigenvalue weighted by atomic mass is 15.2. The van der Waals surface area contributed by atoms with E-state index in [0.717, 1.165) is 55.1 Å². The highest BCUT2D eigenvalue weighted by molar-refractivity contribution is 6.31. The minimum absolute atomic E-state index is 0.660. The second-order valence-electron chi connectivity index (χ2n) is 13.7. The van der Waals surface area contributed by atoms with E-state index in [4.69, 9.17) is 9.97 Å². The first kappa shape index (κ1) is 27.7. The van der Waals surface area contributed by atoms with Crippen molar-refractivity contribution in [2.75, 3.05) is 0 Å². The lowest BCUT2D eigenvalue weighted by atomic mass is 9.93. The fourth-order valence-corrected chi connectivity index (χ4v) is 8.92. The van der Waals surface area contributed by atoms with Crippen LogP contribution >= 0.6 is 0 Å². The van der Waals surface area contributed by atoms with Gasteiger partial charge in [-0.05, 0) is 52.2 Å². The Balaban J connectivity index is 1.30. The van der Waals surface area contributed by atoms with Crippen molar-refractivity contribution >= 4 is 81.6 Å². The monoisotopic (exact) mass is 660 g/mol. The zero-order valence-corrected chi connectivity index (χ0v) is 28.0. The molecule has 0 N–H and O–H groups in total. The standard InChI is InChI=1S/C48H28N4/c1-3-14-29(15-4-1)37-28-31-18-7-8-19-32(31)46-43(37)45(30-16-5-2-6-17-30)49-48(50-46)52-39-25-12-21-34-36-23-11-22-35-33-20-9-10-24-38(33)51(47(35)36)40-26-13-27-41(52)44(40)42(34)39/h1-28H. The molecule has 0 aliphatic heterocycles. The van der Waals surface area contributed by atoms with Crippen LogP contribution in [-0.4, -0.2) is 18.9 Å². The van der Waals surface area contributed by atoms with E-state index >= 15 is 0 Å². The van der Waals surface area contributed by atoms with E-state index in [1.807, 2.05) is 0 Å². The molecule has 0 amide bonds. The van der Waals surface area contributed by atoms with Gasteiger partial charge in [0.15, 0.2) is 0 Å². The Morgan fingerprint density at radius 1 is 0.385 bits per heavy atom. The maximum atomic E-state index is 5.59. The summed E-state index contributed by atoms with van der Waals surface area (Å²) < 4.78 is 4.77. The first-order valence-electron chi connectivity index (χ1n) is 17.8. The molecule has 240 valence electrons. The average Bonchev–Trinajstić information content (AvgIpc) is 3.70. The van der Waals surface area contributed by atoms with Gasteiger partial charge >= 0.3 is 0 Å². The Morgan fingerprint density at radius 3 is 1.79 bits per heavy atom. The average molecular weight is 661 g/mol. The highest BCUT2D eigenvalue weighted by Gasteiger charge is 2.24. The molecule has 4 heterocycles. The molecule has 0 saturated heterocycles. The van der Waals surface area contributed by atoms with E-state index in [1.165, 1.54) is 48.9 Å². The summed E-state index contributed by atoms with van der Waals surface area (Å²) in [4.78, 5) is 11.2. The first-order valence-corrected chi connectivity index (χ1v) is 17.8. The van der Waals surface area contributed by atoms with E-state index in [9.17, 15) is 0 Å². The molecule has 4 heteroatoms. The molecule has 0 aliphatic rings. The Labute approximate surface area is 297 Å². The van der Waals surface area contributed by atoms with Gasteiger partial charge in [0.05, 0.1) is 38.8 Å². The molecule has 0 unspecified atom stereocenters. The van der Waals surface area contributed by atoms with Crippen LogP contribution in [0.2, 0.25) is 0 Å². The molecule has 0 atom stereocenters. The van der Waals surface area contributed by atoms with E-state index in [1.54, 1.807) is 0 Å². The van der Waals surface area contributed by atoms with Gasteiger partial charge in [0, 0.05) is 43.3 Å². The third-order valence-electron chi connectivity index (χ3n) is 11.0. The maximum absolute atomic E-state index is 5.59. The molecule has 0 radical (unpaired) electrons. The van der Waals surface area contributed by atoms with Gasteiger partial charge in [0.1, 0.15) is 0 Å². The van der Waals surface area contributed by atoms with Crippen molar-refractivity contribution in [3.63, 3.8) is 0 Å².